The van der Waals surface area contributed by atoms with Crippen LogP contribution in [0.5, 0.6) is 0 Å². The van der Waals surface area contributed by atoms with Crippen molar-refractivity contribution in [3.8, 4) is 0 Å². The fourth-order valence-corrected chi connectivity index (χ4v) is 6.80. The zero-order chi connectivity index (χ0) is 24.9. The molecule has 3 N–H and O–H groups in total. The van der Waals surface area contributed by atoms with Crippen LogP contribution in [0.2, 0.25) is 0 Å². The van der Waals surface area contributed by atoms with Crippen molar-refractivity contribution in [2.24, 2.45) is 23.2 Å². The lowest BCUT2D eigenvalue weighted by molar-refractivity contribution is -0.147. The number of carbonyl (C=O) groups excluding carboxylic acids is 3. The lowest BCUT2D eigenvalue weighted by Crippen LogP contribution is -2.62. The molecule has 2 unspecified atom stereocenters. The van der Waals surface area contributed by atoms with Gasteiger partial charge in [0.25, 0.3) is 0 Å². The van der Waals surface area contributed by atoms with Gasteiger partial charge >= 0.3 is 0 Å². The van der Waals surface area contributed by atoms with Gasteiger partial charge in [0.05, 0.1) is 30.6 Å². The van der Waals surface area contributed by atoms with Crippen LogP contribution in [-0.2, 0) is 19.1 Å². The standard InChI is InChI=1S/C25H43N3O5/c1-9-14(2)15(12-29)28-19(21(31)27-24(6,7)13-23(3,4)5)25-11-10-16(33-25)17(20(30)26-8)18(25)22(28)32/h14-19,29H,9-13H2,1-8H3,(H,26,30)(H,27,31)/t14-,15-,16-,17+,18-,19?,25?/m0/s1. The minimum absolute atomic E-state index is 0.000233. The molecular weight excluding hydrogens is 422 g/mol. The maximum Gasteiger partial charge on any atom is 0.246 e. The molecule has 2 bridgehead atoms. The van der Waals surface area contributed by atoms with E-state index in [9.17, 15) is 19.5 Å². The first-order chi connectivity index (χ1) is 15.2. The minimum atomic E-state index is -1.04. The maximum absolute atomic E-state index is 13.9. The van der Waals surface area contributed by atoms with Crippen molar-refractivity contribution in [3.63, 3.8) is 0 Å². The third-order valence-corrected chi connectivity index (χ3v) is 7.81. The zero-order valence-corrected chi connectivity index (χ0v) is 21.5. The van der Waals surface area contributed by atoms with Crippen molar-refractivity contribution in [1.82, 2.24) is 15.5 Å². The van der Waals surface area contributed by atoms with Crippen LogP contribution >= 0.6 is 0 Å². The molecule has 1 spiro atoms. The van der Waals surface area contributed by atoms with E-state index in [-0.39, 0.29) is 41.8 Å². The molecule has 3 heterocycles. The number of aliphatic hydroxyl groups excluding tert-OH is 1. The third-order valence-electron chi connectivity index (χ3n) is 7.81. The summed E-state index contributed by atoms with van der Waals surface area (Å²) in [4.78, 5) is 42.2. The van der Waals surface area contributed by atoms with Crippen LogP contribution in [0.3, 0.4) is 0 Å². The van der Waals surface area contributed by atoms with Gasteiger partial charge in [0, 0.05) is 12.6 Å². The van der Waals surface area contributed by atoms with E-state index in [1.54, 1.807) is 11.9 Å². The number of nitrogens with zero attached hydrogens (tertiary/aromatic N) is 1. The van der Waals surface area contributed by atoms with Crippen molar-refractivity contribution in [2.45, 2.75) is 103 Å². The maximum atomic E-state index is 13.9. The molecule has 0 aliphatic carbocycles. The molecule has 3 amide bonds. The van der Waals surface area contributed by atoms with E-state index in [0.29, 0.717) is 12.8 Å². The predicted molar refractivity (Wildman–Crippen MR) is 125 cm³/mol. The van der Waals surface area contributed by atoms with E-state index in [1.165, 1.54) is 0 Å². The van der Waals surface area contributed by atoms with Gasteiger partial charge in [-0.05, 0) is 44.4 Å². The normalized spacial score (nSPS) is 33.1. The van der Waals surface area contributed by atoms with Crippen molar-refractivity contribution < 1.29 is 24.2 Å². The molecule has 7 atom stereocenters. The summed E-state index contributed by atoms with van der Waals surface area (Å²) in [5.74, 6) is -2.08. The molecule has 0 radical (unpaired) electrons. The van der Waals surface area contributed by atoms with Crippen molar-refractivity contribution in [1.29, 1.82) is 0 Å². The predicted octanol–water partition coefficient (Wildman–Crippen LogP) is 1.85. The molecule has 188 valence electrons. The fourth-order valence-electron chi connectivity index (χ4n) is 6.80. The van der Waals surface area contributed by atoms with Gasteiger partial charge in [-0.25, -0.2) is 0 Å². The molecule has 8 nitrogen and oxygen atoms in total. The Hall–Kier alpha value is -1.67. The summed E-state index contributed by atoms with van der Waals surface area (Å²) in [6.45, 7) is 14.1. The summed E-state index contributed by atoms with van der Waals surface area (Å²) in [5, 5.41) is 16.2. The first-order valence-electron chi connectivity index (χ1n) is 12.4. The Morgan fingerprint density at radius 2 is 1.88 bits per heavy atom. The Balaban J connectivity index is 2.05. The van der Waals surface area contributed by atoms with Crippen LogP contribution in [-0.4, -0.2) is 70.7 Å². The highest BCUT2D eigenvalue weighted by Gasteiger charge is 2.75. The van der Waals surface area contributed by atoms with Crippen LogP contribution in [0.4, 0.5) is 0 Å². The number of ether oxygens (including phenoxy) is 1. The summed E-state index contributed by atoms with van der Waals surface area (Å²) in [6, 6.07) is -1.39. The first-order valence-corrected chi connectivity index (χ1v) is 12.4. The third kappa shape index (κ3) is 4.41. The second-order valence-corrected chi connectivity index (χ2v) is 12.2. The Bertz CT molecular complexity index is 791. The number of aliphatic hydroxyl groups is 1. The first kappa shape index (κ1) is 25.9. The summed E-state index contributed by atoms with van der Waals surface area (Å²) in [5.41, 5.74) is -1.54. The van der Waals surface area contributed by atoms with Crippen LogP contribution in [0.1, 0.15) is 74.1 Å². The van der Waals surface area contributed by atoms with Crippen LogP contribution in [0.25, 0.3) is 0 Å². The van der Waals surface area contributed by atoms with Crippen LogP contribution in [0, 0.1) is 23.2 Å². The molecule has 3 rings (SSSR count). The van der Waals surface area contributed by atoms with E-state index in [1.807, 2.05) is 27.7 Å². The average molecular weight is 466 g/mol. The fraction of sp³-hybridized carbons (Fsp3) is 0.880. The minimum Gasteiger partial charge on any atom is -0.394 e. The number of fused-ring (bicyclic) bond motifs is 1. The molecule has 0 saturated carbocycles. The van der Waals surface area contributed by atoms with Crippen LogP contribution in [0.15, 0.2) is 0 Å². The van der Waals surface area contributed by atoms with Gasteiger partial charge in [0.1, 0.15) is 11.6 Å². The summed E-state index contributed by atoms with van der Waals surface area (Å²) in [7, 11) is 1.56. The zero-order valence-electron chi connectivity index (χ0n) is 21.5. The molecule has 3 aliphatic rings. The van der Waals surface area contributed by atoms with Crippen molar-refractivity contribution in [2.75, 3.05) is 13.7 Å². The smallest absolute Gasteiger partial charge is 0.246 e. The van der Waals surface area contributed by atoms with Gasteiger partial charge in [0.2, 0.25) is 17.7 Å². The number of amides is 3. The molecule has 0 aromatic heterocycles. The monoisotopic (exact) mass is 465 g/mol. The highest BCUT2D eigenvalue weighted by atomic mass is 16.5. The molecule has 3 saturated heterocycles. The SMILES string of the molecule is CC[C@H](C)[C@H](CO)N1C(=O)[C@@H]2[C@H](C(=O)NC)[C@@H]3CCC2(O3)C1C(=O)NC(C)(C)CC(C)(C)C. The van der Waals surface area contributed by atoms with Crippen LogP contribution < -0.4 is 10.6 Å². The van der Waals surface area contributed by atoms with E-state index in [2.05, 4.69) is 31.4 Å². The van der Waals surface area contributed by atoms with Gasteiger partial charge in [-0.15, -0.1) is 0 Å². The van der Waals surface area contributed by atoms with E-state index < -0.39 is 35.1 Å². The van der Waals surface area contributed by atoms with E-state index in [0.717, 1.165) is 12.8 Å². The molecule has 0 aromatic carbocycles. The van der Waals surface area contributed by atoms with Gasteiger partial charge in [-0.2, -0.15) is 0 Å². The quantitative estimate of drug-likeness (QED) is 0.507. The topological polar surface area (TPSA) is 108 Å². The van der Waals surface area contributed by atoms with Gasteiger partial charge < -0.3 is 25.4 Å². The van der Waals surface area contributed by atoms with Gasteiger partial charge in [0.15, 0.2) is 0 Å². The molecule has 3 aliphatic heterocycles. The number of rotatable bonds is 8. The highest BCUT2D eigenvalue weighted by Crippen LogP contribution is 2.59. The van der Waals surface area contributed by atoms with E-state index in [4.69, 9.17) is 4.74 Å². The number of likely N-dealkylation sites (tertiary alicyclic amines) is 1. The molecule has 0 aromatic rings. The lowest BCUT2D eigenvalue weighted by atomic mass is 9.70. The van der Waals surface area contributed by atoms with Crippen molar-refractivity contribution in [3.05, 3.63) is 0 Å². The number of carbonyl (C=O) groups is 3. The Labute approximate surface area is 198 Å². The largest absolute Gasteiger partial charge is 0.394 e. The molecule has 8 heteroatoms. The Kier molecular flexibility index (Phi) is 6.95. The second-order valence-electron chi connectivity index (χ2n) is 12.2. The molecule has 3 fully saturated rings. The summed E-state index contributed by atoms with van der Waals surface area (Å²) >= 11 is 0. The average Bonchev–Trinajstić information content (AvgIpc) is 3.33. The lowest BCUT2D eigenvalue weighted by Gasteiger charge is -2.41. The van der Waals surface area contributed by atoms with E-state index >= 15 is 0 Å². The molecular formula is C25H43N3O5. The van der Waals surface area contributed by atoms with Crippen molar-refractivity contribution >= 4 is 17.7 Å². The number of hydrogen-bond donors (Lipinski definition) is 3. The van der Waals surface area contributed by atoms with Gasteiger partial charge in [-0.3, -0.25) is 14.4 Å². The summed E-state index contributed by atoms with van der Waals surface area (Å²) in [6.07, 6.45) is 2.32. The summed E-state index contributed by atoms with van der Waals surface area (Å²) < 4.78 is 6.41. The van der Waals surface area contributed by atoms with Gasteiger partial charge in [-0.1, -0.05) is 41.0 Å². The highest BCUT2D eigenvalue weighted by molar-refractivity contribution is 5.99. The Morgan fingerprint density at radius 1 is 1.24 bits per heavy atom. The number of hydrogen-bond acceptors (Lipinski definition) is 5. The number of nitrogens with one attached hydrogen (secondary N) is 2. The second kappa shape index (κ2) is 8.84. The Morgan fingerprint density at radius 3 is 2.39 bits per heavy atom. The molecule has 33 heavy (non-hydrogen) atoms.